The molecule has 1 rings (SSSR count). The van der Waals surface area contributed by atoms with Crippen molar-refractivity contribution in [1.82, 2.24) is 0 Å². The van der Waals surface area contributed by atoms with Crippen LogP contribution in [0.25, 0.3) is 0 Å². The minimum atomic E-state index is 0.257. The molecule has 0 aromatic heterocycles. The van der Waals surface area contributed by atoms with Crippen LogP contribution in [-0.4, -0.2) is 18.3 Å². The summed E-state index contributed by atoms with van der Waals surface area (Å²) < 4.78 is 0. The number of hydrogen-bond donors (Lipinski definition) is 2. The molecule has 2 heteroatoms. The second-order valence-electron chi connectivity index (χ2n) is 2.49. The molecule has 1 aromatic rings. The molecule has 0 spiro atoms. The monoisotopic (exact) mass is 152 g/mol. The number of benzene rings is 1. The van der Waals surface area contributed by atoms with Gasteiger partial charge in [0.2, 0.25) is 0 Å². The summed E-state index contributed by atoms with van der Waals surface area (Å²) >= 11 is 0. The molecule has 0 unspecified atom stereocenters. The standard InChI is InChI=1S/C9H13NO/c11-7-6-10-8-9-4-2-1-3-5-9/h1-5,10-11H,6-8H2/p+1. The molecule has 3 N–H and O–H groups in total. The highest BCUT2D eigenvalue weighted by molar-refractivity contribution is 5.12. The molecule has 0 saturated heterocycles. The van der Waals surface area contributed by atoms with E-state index in [1.165, 1.54) is 5.56 Å². The second-order valence-corrected chi connectivity index (χ2v) is 2.49. The lowest BCUT2D eigenvalue weighted by atomic mass is 10.2. The zero-order valence-corrected chi connectivity index (χ0v) is 6.53. The van der Waals surface area contributed by atoms with Crippen LogP contribution in [-0.2, 0) is 6.54 Å². The van der Waals surface area contributed by atoms with Crippen LogP contribution in [0.3, 0.4) is 0 Å². The molecule has 0 fully saturated rings. The molecule has 0 atom stereocenters. The van der Waals surface area contributed by atoms with E-state index in [1.807, 2.05) is 18.2 Å². The van der Waals surface area contributed by atoms with E-state index in [9.17, 15) is 0 Å². The maximum Gasteiger partial charge on any atom is 0.101 e. The molecule has 0 radical (unpaired) electrons. The molecular formula is C9H14NO+. The van der Waals surface area contributed by atoms with E-state index in [2.05, 4.69) is 17.4 Å². The summed E-state index contributed by atoms with van der Waals surface area (Å²) in [6, 6.07) is 10.3. The Balaban J connectivity index is 2.28. The van der Waals surface area contributed by atoms with Gasteiger partial charge in [-0.05, 0) is 0 Å². The molecule has 0 heterocycles. The van der Waals surface area contributed by atoms with Crippen molar-refractivity contribution in [2.45, 2.75) is 6.54 Å². The highest BCUT2D eigenvalue weighted by atomic mass is 16.3. The average molecular weight is 152 g/mol. The minimum absolute atomic E-state index is 0.257. The largest absolute Gasteiger partial charge is 0.391 e. The fourth-order valence-electron chi connectivity index (χ4n) is 0.974. The van der Waals surface area contributed by atoms with E-state index >= 15 is 0 Å². The Morgan fingerprint density at radius 1 is 1.18 bits per heavy atom. The van der Waals surface area contributed by atoms with Crippen LogP contribution < -0.4 is 5.32 Å². The molecule has 0 aliphatic heterocycles. The molecule has 0 amide bonds. The quantitative estimate of drug-likeness (QED) is 0.573. The van der Waals surface area contributed by atoms with Crippen LogP contribution in [0.1, 0.15) is 5.56 Å². The maximum absolute atomic E-state index is 8.51. The summed E-state index contributed by atoms with van der Waals surface area (Å²) in [4.78, 5) is 0. The molecule has 0 aliphatic rings. The summed E-state index contributed by atoms with van der Waals surface area (Å²) in [5.74, 6) is 0. The van der Waals surface area contributed by atoms with Gasteiger partial charge in [0, 0.05) is 5.56 Å². The van der Waals surface area contributed by atoms with Crippen molar-refractivity contribution < 1.29 is 10.4 Å². The zero-order chi connectivity index (χ0) is 7.94. The van der Waals surface area contributed by atoms with Gasteiger partial charge < -0.3 is 10.4 Å². The number of aliphatic hydroxyl groups excluding tert-OH is 1. The minimum Gasteiger partial charge on any atom is -0.391 e. The third-order valence-electron chi connectivity index (χ3n) is 1.56. The Bertz CT molecular complexity index is 186. The van der Waals surface area contributed by atoms with Gasteiger partial charge in [-0.2, -0.15) is 0 Å². The third kappa shape index (κ3) is 3.16. The van der Waals surface area contributed by atoms with Gasteiger partial charge in [0.1, 0.15) is 6.54 Å². The summed E-state index contributed by atoms with van der Waals surface area (Å²) in [6.07, 6.45) is 0. The maximum atomic E-state index is 8.51. The van der Waals surface area contributed by atoms with Gasteiger partial charge in [0.05, 0.1) is 13.2 Å². The van der Waals surface area contributed by atoms with Crippen LogP contribution in [0, 0.1) is 0 Å². The van der Waals surface area contributed by atoms with Gasteiger partial charge in [-0.1, -0.05) is 30.3 Å². The van der Waals surface area contributed by atoms with Gasteiger partial charge in [0.15, 0.2) is 0 Å². The molecule has 2 nitrogen and oxygen atoms in total. The lowest BCUT2D eigenvalue weighted by molar-refractivity contribution is -0.671. The van der Waals surface area contributed by atoms with Crippen molar-refractivity contribution in [1.29, 1.82) is 0 Å². The van der Waals surface area contributed by atoms with E-state index in [4.69, 9.17) is 5.11 Å². The smallest absolute Gasteiger partial charge is 0.101 e. The van der Waals surface area contributed by atoms with E-state index in [0.29, 0.717) is 0 Å². The Morgan fingerprint density at radius 3 is 2.55 bits per heavy atom. The number of rotatable bonds is 4. The highest BCUT2D eigenvalue weighted by Gasteiger charge is 1.91. The number of aliphatic hydroxyl groups is 1. The molecule has 0 bridgehead atoms. The Labute approximate surface area is 66.9 Å². The van der Waals surface area contributed by atoms with E-state index < -0.39 is 0 Å². The molecular weight excluding hydrogens is 138 g/mol. The lowest BCUT2D eigenvalue weighted by Crippen LogP contribution is -2.83. The van der Waals surface area contributed by atoms with Gasteiger partial charge >= 0.3 is 0 Å². The van der Waals surface area contributed by atoms with E-state index in [1.54, 1.807) is 0 Å². The summed E-state index contributed by atoms with van der Waals surface area (Å²) in [6.45, 7) is 2.00. The van der Waals surface area contributed by atoms with Crippen molar-refractivity contribution in [3.63, 3.8) is 0 Å². The zero-order valence-electron chi connectivity index (χ0n) is 6.53. The first-order valence-electron chi connectivity index (χ1n) is 3.90. The SMILES string of the molecule is OCC[NH2+]Cc1ccccc1. The average Bonchev–Trinajstić information content (AvgIpc) is 2.07. The third-order valence-corrected chi connectivity index (χ3v) is 1.56. The predicted octanol–water partition coefficient (Wildman–Crippen LogP) is -0.258. The summed E-state index contributed by atoms with van der Waals surface area (Å²) in [5.41, 5.74) is 1.31. The van der Waals surface area contributed by atoms with Crippen LogP contribution in [0.2, 0.25) is 0 Å². The van der Waals surface area contributed by atoms with Crippen molar-refractivity contribution in [3.8, 4) is 0 Å². The first-order chi connectivity index (χ1) is 5.43. The van der Waals surface area contributed by atoms with Crippen LogP contribution in [0.15, 0.2) is 30.3 Å². The van der Waals surface area contributed by atoms with Crippen molar-refractivity contribution in [3.05, 3.63) is 35.9 Å². The molecule has 60 valence electrons. The topological polar surface area (TPSA) is 36.8 Å². The molecule has 11 heavy (non-hydrogen) atoms. The van der Waals surface area contributed by atoms with Crippen LogP contribution in [0.5, 0.6) is 0 Å². The van der Waals surface area contributed by atoms with Gasteiger partial charge in [-0.15, -0.1) is 0 Å². The van der Waals surface area contributed by atoms with Crippen molar-refractivity contribution in [2.24, 2.45) is 0 Å². The number of quaternary nitrogens is 1. The van der Waals surface area contributed by atoms with Crippen LogP contribution in [0.4, 0.5) is 0 Å². The fourth-order valence-corrected chi connectivity index (χ4v) is 0.974. The summed E-state index contributed by atoms with van der Waals surface area (Å²) in [7, 11) is 0. The predicted molar refractivity (Wildman–Crippen MR) is 44.0 cm³/mol. The fraction of sp³-hybridized carbons (Fsp3) is 0.333. The number of nitrogens with two attached hydrogens (primary N) is 1. The Morgan fingerprint density at radius 2 is 1.91 bits per heavy atom. The normalized spacial score (nSPS) is 9.91. The Hall–Kier alpha value is -0.860. The Kier molecular flexibility index (Phi) is 3.65. The second kappa shape index (κ2) is 4.88. The first-order valence-corrected chi connectivity index (χ1v) is 3.90. The van der Waals surface area contributed by atoms with Crippen molar-refractivity contribution >= 4 is 0 Å². The number of hydrogen-bond acceptors (Lipinski definition) is 1. The summed E-state index contributed by atoms with van der Waals surface area (Å²) in [5, 5.41) is 10.6. The highest BCUT2D eigenvalue weighted by Crippen LogP contribution is 1.93. The van der Waals surface area contributed by atoms with E-state index in [0.717, 1.165) is 13.1 Å². The van der Waals surface area contributed by atoms with Crippen molar-refractivity contribution in [2.75, 3.05) is 13.2 Å². The lowest BCUT2D eigenvalue weighted by Gasteiger charge is -1.98. The molecule has 0 aliphatic carbocycles. The van der Waals surface area contributed by atoms with E-state index in [-0.39, 0.29) is 6.61 Å². The van der Waals surface area contributed by atoms with Gasteiger partial charge in [-0.3, -0.25) is 0 Å². The molecule has 0 saturated carbocycles. The van der Waals surface area contributed by atoms with Crippen LogP contribution >= 0.6 is 0 Å². The first kappa shape index (κ1) is 8.24. The van der Waals surface area contributed by atoms with Gasteiger partial charge in [-0.25, -0.2) is 0 Å². The molecule has 1 aromatic carbocycles. The van der Waals surface area contributed by atoms with Gasteiger partial charge in [0.25, 0.3) is 0 Å².